The third-order valence-electron chi connectivity index (χ3n) is 7.24. The maximum atomic E-state index is 11.6. The molecular weight excluding hydrogens is 472 g/mol. The van der Waals surface area contributed by atoms with Crippen LogP contribution < -0.4 is 0 Å². The molecule has 0 atom stereocenters. The Morgan fingerprint density at radius 2 is 0.711 bits per heavy atom. The van der Waals surface area contributed by atoms with E-state index in [2.05, 4.69) is 20.8 Å². The first-order valence-electron chi connectivity index (χ1n) is 17.0. The molecule has 38 heavy (non-hydrogen) atoms. The van der Waals surface area contributed by atoms with Crippen LogP contribution in [0.4, 0.5) is 0 Å². The zero-order valence-corrected chi connectivity index (χ0v) is 26.2. The van der Waals surface area contributed by atoms with Crippen molar-refractivity contribution in [1.82, 2.24) is 0 Å². The summed E-state index contributed by atoms with van der Waals surface area (Å²) in [6.07, 6.45) is 34.1. The summed E-state index contributed by atoms with van der Waals surface area (Å²) in [4.78, 5) is 21.8. The van der Waals surface area contributed by atoms with Crippen molar-refractivity contribution >= 4 is 11.9 Å². The lowest BCUT2D eigenvalue weighted by atomic mass is 10.1. The van der Waals surface area contributed by atoms with Gasteiger partial charge in [-0.3, -0.25) is 9.59 Å². The van der Waals surface area contributed by atoms with E-state index in [-0.39, 0.29) is 5.97 Å². The molecule has 0 bridgehead atoms. The van der Waals surface area contributed by atoms with Crippen LogP contribution in [-0.2, 0) is 14.3 Å². The summed E-state index contributed by atoms with van der Waals surface area (Å²) in [5.41, 5.74) is 0. The molecule has 0 saturated heterocycles. The molecule has 0 fully saturated rings. The number of ether oxygens (including phenoxy) is 1. The first-order chi connectivity index (χ1) is 18.6. The molecule has 0 amide bonds. The van der Waals surface area contributed by atoms with Crippen molar-refractivity contribution in [3.8, 4) is 0 Å². The van der Waals surface area contributed by atoms with E-state index in [1.165, 1.54) is 141 Å². The molecule has 0 unspecified atom stereocenters. The van der Waals surface area contributed by atoms with Crippen molar-refractivity contribution < 1.29 is 19.4 Å². The van der Waals surface area contributed by atoms with E-state index in [9.17, 15) is 9.59 Å². The second-order valence-corrected chi connectivity index (χ2v) is 11.2. The second kappa shape index (κ2) is 35.9. The molecule has 4 nitrogen and oxygen atoms in total. The summed E-state index contributed by atoms with van der Waals surface area (Å²) in [7, 11) is 0. The average Bonchev–Trinajstić information content (AvgIpc) is 2.90. The fourth-order valence-corrected chi connectivity index (χ4v) is 4.66. The Morgan fingerprint density at radius 1 is 0.421 bits per heavy atom. The maximum absolute atomic E-state index is 11.6. The summed E-state index contributed by atoms with van der Waals surface area (Å²) in [6.45, 7) is 7.36. The highest BCUT2D eigenvalue weighted by atomic mass is 16.5. The Bertz CT molecular complexity index is 463. The first-order valence-corrected chi connectivity index (χ1v) is 17.0. The fourth-order valence-electron chi connectivity index (χ4n) is 4.66. The van der Waals surface area contributed by atoms with Gasteiger partial charge in [-0.1, -0.05) is 168 Å². The molecule has 228 valence electrons. The molecule has 0 spiro atoms. The standard InChI is InChI=1S/C20H40O2.C14H28O2/c1-3-5-7-9-11-12-13-14-16-18-20(21)22-19-17-15-10-8-6-4-2;1-2-3-4-5-6-7-8-9-10-11-12-13-14(15)16/h3-19H2,1-2H3;2-13H2,1H3,(H,15,16). The van der Waals surface area contributed by atoms with Crippen LogP contribution in [0.15, 0.2) is 0 Å². The number of aliphatic carboxylic acids is 1. The van der Waals surface area contributed by atoms with Gasteiger partial charge < -0.3 is 9.84 Å². The topological polar surface area (TPSA) is 63.6 Å². The molecule has 1 N–H and O–H groups in total. The highest BCUT2D eigenvalue weighted by Gasteiger charge is 2.02. The van der Waals surface area contributed by atoms with Crippen molar-refractivity contribution in [1.29, 1.82) is 0 Å². The van der Waals surface area contributed by atoms with Gasteiger partial charge in [0.05, 0.1) is 6.61 Å². The van der Waals surface area contributed by atoms with E-state index in [4.69, 9.17) is 9.84 Å². The summed E-state index contributed by atoms with van der Waals surface area (Å²) < 4.78 is 5.28. The van der Waals surface area contributed by atoms with E-state index < -0.39 is 5.97 Å². The zero-order valence-electron chi connectivity index (χ0n) is 26.2. The Labute approximate surface area is 238 Å². The second-order valence-electron chi connectivity index (χ2n) is 11.2. The van der Waals surface area contributed by atoms with Crippen LogP contribution in [0, 0.1) is 0 Å². The number of hydrogen-bond donors (Lipinski definition) is 1. The number of esters is 1. The number of unbranched alkanes of at least 4 members (excludes halogenated alkanes) is 23. The quantitative estimate of drug-likeness (QED) is 0.0756. The van der Waals surface area contributed by atoms with Gasteiger partial charge in [-0.15, -0.1) is 0 Å². The van der Waals surface area contributed by atoms with Crippen molar-refractivity contribution in [2.45, 2.75) is 201 Å². The summed E-state index contributed by atoms with van der Waals surface area (Å²) in [6, 6.07) is 0. The van der Waals surface area contributed by atoms with Crippen LogP contribution in [-0.4, -0.2) is 23.7 Å². The molecular formula is C34H68O4. The van der Waals surface area contributed by atoms with Gasteiger partial charge in [0.15, 0.2) is 0 Å². The van der Waals surface area contributed by atoms with Gasteiger partial charge in [-0.2, -0.15) is 0 Å². The number of carboxylic acids is 1. The third kappa shape index (κ3) is 39.5. The monoisotopic (exact) mass is 541 g/mol. The largest absolute Gasteiger partial charge is 0.481 e. The van der Waals surface area contributed by atoms with Crippen molar-refractivity contribution in [2.75, 3.05) is 6.61 Å². The molecule has 4 heteroatoms. The van der Waals surface area contributed by atoms with Crippen LogP contribution in [0.25, 0.3) is 0 Å². The smallest absolute Gasteiger partial charge is 0.305 e. The lowest BCUT2D eigenvalue weighted by Gasteiger charge is -2.05. The molecule has 0 aromatic rings. The molecule has 0 aromatic carbocycles. The number of carbonyl (C=O) groups is 2. The molecule has 0 aliphatic carbocycles. The van der Waals surface area contributed by atoms with Gasteiger partial charge in [-0.05, 0) is 19.3 Å². The van der Waals surface area contributed by atoms with E-state index in [0.29, 0.717) is 19.4 Å². The molecule has 0 radical (unpaired) electrons. The minimum Gasteiger partial charge on any atom is -0.481 e. The molecule has 0 rings (SSSR count). The maximum Gasteiger partial charge on any atom is 0.305 e. The minimum atomic E-state index is -0.657. The molecule has 0 aromatic heterocycles. The lowest BCUT2D eigenvalue weighted by molar-refractivity contribution is -0.144. The predicted octanol–water partition coefficient (Wildman–Crippen LogP) is 11.6. The Hall–Kier alpha value is -1.06. The third-order valence-corrected chi connectivity index (χ3v) is 7.24. The number of rotatable bonds is 29. The summed E-state index contributed by atoms with van der Waals surface area (Å²) in [5, 5.41) is 8.46. The van der Waals surface area contributed by atoms with Gasteiger partial charge in [0, 0.05) is 12.8 Å². The van der Waals surface area contributed by atoms with Crippen molar-refractivity contribution in [3.05, 3.63) is 0 Å². The summed E-state index contributed by atoms with van der Waals surface area (Å²) >= 11 is 0. The molecule has 0 heterocycles. The summed E-state index contributed by atoms with van der Waals surface area (Å²) in [5.74, 6) is -0.646. The number of carbonyl (C=O) groups excluding carboxylic acids is 1. The Balaban J connectivity index is 0. The van der Waals surface area contributed by atoms with E-state index in [1.807, 2.05) is 0 Å². The molecule has 0 aliphatic rings. The molecule has 0 aliphatic heterocycles. The van der Waals surface area contributed by atoms with Gasteiger partial charge in [0.25, 0.3) is 0 Å². The fraction of sp³-hybridized carbons (Fsp3) is 0.941. The first kappa shape index (κ1) is 39.1. The lowest BCUT2D eigenvalue weighted by Crippen LogP contribution is -2.05. The van der Waals surface area contributed by atoms with Gasteiger partial charge in [-0.25, -0.2) is 0 Å². The highest BCUT2D eigenvalue weighted by molar-refractivity contribution is 5.69. The normalized spacial score (nSPS) is 10.7. The Kier molecular flexibility index (Phi) is 37.0. The van der Waals surface area contributed by atoms with Crippen LogP contribution in [0.5, 0.6) is 0 Å². The van der Waals surface area contributed by atoms with Crippen molar-refractivity contribution in [3.63, 3.8) is 0 Å². The van der Waals surface area contributed by atoms with Crippen LogP contribution >= 0.6 is 0 Å². The zero-order chi connectivity index (χ0) is 28.4. The van der Waals surface area contributed by atoms with Gasteiger partial charge in [0.2, 0.25) is 0 Å². The van der Waals surface area contributed by atoms with Crippen LogP contribution in [0.1, 0.15) is 201 Å². The Morgan fingerprint density at radius 3 is 1.05 bits per heavy atom. The highest BCUT2D eigenvalue weighted by Crippen LogP contribution is 2.12. The minimum absolute atomic E-state index is 0.0107. The van der Waals surface area contributed by atoms with Crippen LogP contribution in [0.2, 0.25) is 0 Å². The van der Waals surface area contributed by atoms with E-state index >= 15 is 0 Å². The average molecular weight is 541 g/mol. The van der Waals surface area contributed by atoms with Gasteiger partial charge in [0.1, 0.15) is 0 Å². The number of carboxylic acid groups (broad SMARTS) is 1. The predicted molar refractivity (Wildman–Crippen MR) is 165 cm³/mol. The van der Waals surface area contributed by atoms with Crippen molar-refractivity contribution in [2.24, 2.45) is 0 Å². The SMILES string of the molecule is CCCCCCCCCCCC(=O)OCCCCCCCC.CCCCCCCCCCCCCC(=O)O. The van der Waals surface area contributed by atoms with Gasteiger partial charge >= 0.3 is 11.9 Å². The number of hydrogen-bond acceptors (Lipinski definition) is 3. The van der Waals surface area contributed by atoms with Crippen LogP contribution in [0.3, 0.4) is 0 Å². The van der Waals surface area contributed by atoms with E-state index in [1.54, 1.807) is 0 Å². The molecule has 0 saturated carbocycles. The van der Waals surface area contributed by atoms with E-state index in [0.717, 1.165) is 25.7 Å².